The molecule has 0 saturated carbocycles. The number of sulfonamides is 1. The van der Waals surface area contributed by atoms with Gasteiger partial charge >= 0.3 is 6.18 Å². The summed E-state index contributed by atoms with van der Waals surface area (Å²) in [5.74, 6) is 0.0305. The number of alkyl halides is 3. The van der Waals surface area contributed by atoms with E-state index in [-0.39, 0.29) is 23.8 Å². The summed E-state index contributed by atoms with van der Waals surface area (Å²) in [6.45, 7) is 0.347. The van der Waals surface area contributed by atoms with Gasteiger partial charge < -0.3 is 4.52 Å². The van der Waals surface area contributed by atoms with Crippen molar-refractivity contribution >= 4 is 10.0 Å². The van der Waals surface area contributed by atoms with E-state index in [0.717, 1.165) is 18.3 Å². The van der Waals surface area contributed by atoms with Crippen LogP contribution < -0.4 is 0 Å². The molecule has 1 aliphatic heterocycles. The van der Waals surface area contributed by atoms with E-state index in [1.807, 2.05) is 0 Å². The second-order valence-electron chi connectivity index (χ2n) is 5.40. The standard InChI is InChI=1S/C13H13F3N4O3S/c1-20-5-3-10(24(20,21)22)12-18-11(19-23-12)7-9-6-8(2-4-17-9)13(14,15)16/h2,4,6,10H,3,5,7H2,1H3. The summed E-state index contributed by atoms with van der Waals surface area (Å²) in [5, 5.41) is 2.73. The Kier molecular flexibility index (Phi) is 4.08. The minimum Gasteiger partial charge on any atom is -0.338 e. The molecule has 0 aliphatic carbocycles. The van der Waals surface area contributed by atoms with Crippen LogP contribution in [0, 0.1) is 0 Å². The van der Waals surface area contributed by atoms with Crippen LogP contribution in [0.2, 0.25) is 0 Å². The zero-order chi connectivity index (χ0) is 17.5. The Morgan fingerprint density at radius 1 is 1.42 bits per heavy atom. The fourth-order valence-corrected chi connectivity index (χ4v) is 3.97. The Hall–Kier alpha value is -2.01. The van der Waals surface area contributed by atoms with Gasteiger partial charge in [-0.1, -0.05) is 5.16 Å². The van der Waals surface area contributed by atoms with Gasteiger partial charge in [-0.15, -0.1) is 0 Å². The van der Waals surface area contributed by atoms with Crippen LogP contribution in [0.15, 0.2) is 22.9 Å². The Bertz CT molecular complexity index is 850. The van der Waals surface area contributed by atoms with E-state index in [2.05, 4.69) is 15.1 Å². The molecule has 1 aliphatic rings. The third-order valence-electron chi connectivity index (χ3n) is 3.74. The lowest BCUT2D eigenvalue weighted by molar-refractivity contribution is -0.137. The van der Waals surface area contributed by atoms with Crippen LogP contribution in [0.4, 0.5) is 13.2 Å². The van der Waals surface area contributed by atoms with Gasteiger partial charge in [0.1, 0.15) is 0 Å². The number of hydrogen-bond acceptors (Lipinski definition) is 6. The molecular formula is C13H13F3N4O3S. The van der Waals surface area contributed by atoms with Gasteiger partial charge in [0.05, 0.1) is 12.0 Å². The first kappa shape index (κ1) is 16.8. The van der Waals surface area contributed by atoms with E-state index in [9.17, 15) is 21.6 Å². The highest BCUT2D eigenvalue weighted by Crippen LogP contribution is 2.33. The summed E-state index contributed by atoms with van der Waals surface area (Å²) in [5.41, 5.74) is -0.709. The molecule has 2 aromatic heterocycles. The molecule has 24 heavy (non-hydrogen) atoms. The van der Waals surface area contributed by atoms with Crippen molar-refractivity contribution < 1.29 is 26.1 Å². The molecule has 2 aromatic rings. The number of hydrogen-bond donors (Lipinski definition) is 0. The van der Waals surface area contributed by atoms with E-state index in [1.165, 1.54) is 11.4 Å². The maximum Gasteiger partial charge on any atom is 0.416 e. The quantitative estimate of drug-likeness (QED) is 0.827. The molecule has 1 fully saturated rings. The van der Waals surface area contributed by atoms with Gasteiger partial charge in [-0.05, 0) is 18.6 Å². The van der Waals surface area contributed by atoms with E-state index in [0.29, 0.717) is 13.0 Å². The molecule has 0 amide bonds. The number of halogens is 3. The first-order valence-corrected chi connectivity index (χ1v) is 8.48. The lowest BCUT2D eigenvalue weighted by atomic mass is 10.2. The summed E-state index contributed by atoms with van der Waals surface area (Å²) in [4.78, 5) is 7.85. The van der Waals surface area contributed by atoms with E-state index < -0.39 is 27.0 Å². The van der Waals surface area contributed by atoms with Gasteiger partial charge in [0, 0.05) is 25.5 Å². The van der Waals surface area contributed by atoms with Crippen LogP contribution >= 0.6 is 0 Å². The first-order valence-electron chi connectivity index (χ1n) is 6.97. The second kappa shape index (κ2) is 5.81. The average Bonchev–Trinajstić information content (AvgIpc) is 3.04. The third kappa shape index (κ3) is 3.13. The summed E-state index contributed by atoms with van der Waals surface area (Å²) in [6.07, 6.45) is -3.18. The Morgan fingerprint density at radius 3 is 2.79 bits per heavy atom. The number of rotatable bonds is 3. The maximum atomic E-state index is 12.7. The molecule has 1 saturated heterocycles. The molecule has 3 heterocycles. The summed E-state index contributed by atoms with van der Waals surface area (Å²) >= 11 is 0. The highest BCUT2D eigenvalue weighted by atomic mass is 32.2. The van der Waals surface area contributed by atoms with Crippen molar-refractivity contribution in [3.8, 4) is 0 Å². The lowest BCUT2D eigenvalue weighted by Crippen LogP contribution is -2.22. The Balaban J connectivity index is 1.80. The van der Waals surface area contributed by atoms with Crippen molar-refractivity contribution in [1.82, 2.24) is 19.4 Å². The van der Waals surface area contributed by atoms with Crippen molar-refractivity contribution in [2.24, 2.45) is 0 Å². The van der Waals surface area contributed by atoms with Crippen molar-refractivity contribution in [3.63, 3.8) is 0 Å². The van der Waals surface area contributed by atoms with E-state index in [1.54, 1.807) is 0 Å². The van der Waals surface area contributed by atoms with Crippen molar-refractivity contribution in [1.29, 1.82) is 0 Å². The molecule has 0 aromatic carbocycles. The average molecular weight is 362 g/mol. The molecule has 0 radical (unpaired) electrons. The Morgan fingerprint density at radius 2 is 2.17 bits per heavy atom. The van der Waals surface area contributed by atoms with Crippen LogP contribution in [0.1, 0.15) is 34.6 Å². The van der Waals surface area contributed by atoms with Gasteiger partial charge in [0.25, 0.3) is 0 Å². The third-order valence-corrected chi connectivity index (χ3v) is 5.95. The van der Waals surface area contributed by atoms with Crippen LogP contribution in [0.5, 0.6) is 0 Å². The van der Waals surface area contributed by atoms with Gasteiger partial charge in [0.15, 0.2) is 11.1 Å². The van der Waals surface area contributed by atoms with Gasteiger partial charge in [-0.3, -0.25) is 4.98 Å². The van der Waals surface area contributed by atoms with Crippen LogP contribution in [0.3, 0.4) is 0 Å². The van der Waals surface area contributed by atoms with E-state index in [4.69, 9.17) is 4.52 Å². The monoisotopic (exact) mass is 362 g/mol. The van der Waals surface area contributed by atoms with E-state index >= 15 is 0 Å². The lowest BCUT2D eigenvalue weighted by Gasteiger charge is -2.08. The highest BCUT2D eigenvalue weighted by molar-refractivity contribution is 7.89. The number of aromatic nitrogens is 3. The van der Waals surface area contributed by atoms with Crippen molar-refractivity contribution in [2.45, 2.75) is 24.3 Å². The van der Waals surface area contributed by atoms with Crippen LogP contribution in [0.25, 0.3) is 0 Å². The minimum atomic E-state index is -4.47. The SMILES string of the molecule is CN1CCC(c2nc(Cc3cc(C(F)(F)F)ccn3)no2)S1(=O)=O. The minimum absolute atomic E-state index is 0.0543. The number of pyridine rings is 1. The summed E-state index contributed by atoms with van der Waals surface area (Å²) in [7, 11) is -2.07. The van der Waals surface area contributed by atoms with Crippen LogP contribution in [-0.4, -0.2) is 41.4 Å². The normalized spacial score (nSPS) is 21.2. The van der Waals surface area contributed by atoms with Gasteiger partial charge in [-0.2, -0.15) is 18.2 Å². The largest absolute Gasteiger partial charge is 0.416 e. The topological polar surface area (TPSA) is 89.2 Å². The fourth-order valence-electron chi connectivity index (χ4n) is 2.43. The zero-order valence-electron chi connectivity index (χ0n) is 12.5. The molecule has 3 rings (SSSR count). The van der Waals surface area contributed by atoms with Gasteiger partial charge in [-0.25, -0.2) is 12.7 Å². The highest BCUT2D eigenvalue weighted by Gasteiger charge is 2.41. The first-order chi connectivity index (χ1) is 11.2. The maximum absolute atomic E-state index is 12.7. The molecule has 7 nitrogen and oxygen atoms in total. The van der Waals surface area contributed by atoms with Crippen LogP contribution in [-0.2, 0) is 22.6 Å². The molecule has 11 heteroatoms. The zero-order valence-corrected chi connectivity index (χ0v) is 13.3. The molecule has 0 bridgehead atoms. The van der Waals surface area contributed by atoms with Crippen molar-refractivity contribution in [2.75, 3.05) is 13.6 Å². The predicted molar refractivity (Wildman–Crippen MR) is 75.3 cm³/mol. The number of nitrogens with zero attached hydrogens (tertiary/aromatic N) is 4. The smallest absolute Gasteiger partial charge is 0.338 e. The summed E-state index contributed by atoms with van der Waals surface area (Å²) in [6, 6.07) is 1.77. The molecule has 1 atom stereocenters. The molecule has 130 valence electrons. The molecular weight excluding hydrogens is 349 g/mol. The molecule has 0 spiro atoms. The second-order valence-corrected chi connectivity index (χ2v) is 7.63. The van der Waals surface area contributed by atoms with Crippen molar-refractivity contribution in [3.05, 3.63) is 41.3 Å². The fraction of sp³-hybridized carbons (Fsp3) is 0.462. The summed E-state index contributed by atoms with van der Waals surface area (Å²) < 4.78 is 68.4. The van der Waals surface area contributed by atoms with Gasteiger partial charge in [0.2, 0.25) is 15.9 Å². The molecule has 0 N–H and O–H groups in total. The predicted octanol–water partition coefficient (Wildman–Crippen LogP) is 1.78. The Labute approximate surface area is 135 Å². The molecule has 1 unspecified atom stereocenters.